The number of halogens is 1. The number of aryl methyl sites for hydroxylation is 2. The summed E-state index contributed by atoms with van der Waals surface area (Å²) < 4.78 is 6.22. The molecule has 152 valence electrons. The Morgan fingerprint density at radius 3 is 2.32 bits per heavy atom. The van der Waals surface area contributed by atoms with E-state index >= 15 is 0 Å². The molecular weight excluding hydrogens is 424 g/mol. The van der Waals surface area contributed by atoms with Crippen LogP contribution in [-0.4, -0.2) is 4.98 Å². The Kier molecular flexibility index (Phi) is 5.18. The van der Waals surface area contributed by atoms with Crippen LogP contribution in [0.25, 0.3) is 33.6 Å². The van der Waals surface area contributed by atoms with Crippen LogP contribution in [0.15, 0.2) is 87.6 Å². The fourth-order valence-corrected chi connectivity index (χ4v) is 4.24. The minimum absolute atomic E-state index is 0.703. The lowest BCUT2D eigenvalue weighted by atomic mass is 10.1. The summed E-state index contributed by atoms with van der Waals surface area (Å²) in [4.78, 5) is 9.63. The molecule has 5 rings (SSSR count). The lowest BCUT2D eigenvalue weighted by Crippen LogP contribution is -2.03. The zero-order valence-electron chi connectivity index (χ0n) is 17.1. The van der Waals surface area contributed by atoms with Gasteiger partial charge in [-0.3, -0.25) is 0 Å². The first kappa shape index (κ1) is 19.7. The normalized spacial score (nSPS) is 11.9. The smallest absolute Gasteiger partial charge is 0.210 e. The molecule has 2 aromatic heterocycles. The molecule has 2 heterocycles. The zero-order chi connectivity index (χ0) is 21.4. The van der Waals surface area contributed by atoms with E-state index in [2.05, 4.69) is 50.2 Å². The number of fused-ring (bicyclic) bond motifs is 1. The minimum Gasteiger partial charge on any atom is -0.456 e. The molecule has 0 aliphatic rings. The maximum absolute atomic E-state index is 6.22. The van der Waals surface area contributed by atoms with Crippen molar-refractivity contribution in [3.8, 4) is 22.6 Å². The molecule has 3 aromatic carbocycles. The van der Waals surface area contributed by atoms with Crippen LogP contribution in [-0.2, 0) is 0 Å². The molecule has 0 fully saturated rings. The van der Waals surface area contributed by atoms with Gasteiger partial charge in [0, 0.05) is 33.0 Å². The van der Waals surface area contributed by atoms with Crippen LogP contribution in [0.4, 0.5) is 5.13 Å². The van der Waals surface area contributed by atoms with Crippen molar-refractivity contribution in [3.05, 3.63) is 99.7 Å². The summed E-state index contributed by atoms with van der Waals surface area (Å²) >= 11 is 7.53. The molecule has 5 aromatic rings. The first-order chi connectivity index (χ1) is 15.0. The van der Waals surface area contributed by atoms with Crippen LogP contribution in [0.3, 0.4) is 0 Å². The van der Waals surface area contributed by atoms with Crippen molar-refractivity contribution in [2.75, 3.05) is 0 Å². The number of hydrogen-bond donors (Lipinski definition) is 0. The molecule has 0 unspecified atom stereocenters. The lowest BCUT2D eigenvalue weighted by Gasteiger charge is -2.06. The number of rotatable bonds is 3. The van der Waals surface area contributed by atoms with Crippen molar-refractivity contribution in [2.45, 2.75) is 13.8 Å². The average Bonchev–Trinajstić information content (AvgIpc) is 3.23. The van der Waals surface area contributed by atoms with Crippen molar-refractivity contribution >= 4 is 39.0 Å². The monoisotopic (exact) mass is 442 g/mol. The standard InChI is InChI=1S/C26H19ClN2OS/c1-16-3-6-19(7-4-16)25-14-22(21-13-17(2)5-12-24(21)30-25)28-26-29-23(15-31-26)18-8-10-20(27)11-9-18/h3-15H,1-2H3. The van der Waals surface area contributed by atoms with Crippen molar-refractivity contribution < 1.29 is 4.42 Å². The second-order valence-electron chi connectivity index (χ2n) is 7.50. The Balaban J connectivity index is 1.66. The predicted molar refractivity (Wildman–Crippen MR) is 129 cm³/mol. The van der Waals surface area contributed by atoms with Gasteiger partial charge < -0.3 is 4.42 Å². The Morgan fingerprint density at radius 1 is 0.839 bits per heavy atom. The number of hydrogen-bond acceptors (Lipinski definition) is 4. The van der Waals surface area contributed by atoms with Gasteiger partial charge in [0.2, 0.25) is 5.13 Å². The highest BCUT2D eigenvalue weighted by atomic mass is 35.5. The van der Waals surface area contributed by atoms with E-state index in [1.54, 1.807) is 0 Å². The Hall–Kier alpha value is -3.21. The third-order valence-corrected chi connectivity index (χ3v) is 6.07. The van der Waals surface area contributed by atoms with Gasteiger partial charge in [-0.1, -0.05) is 65.2 Å². The van der Waals surface area contributed by atoms with E-state index in [4.69, 9.17) is 26.0 Å². The topological polar surface area (TPSA) is 38.4 Å². The van der Waals surface area contributed by atoms with E-state index in [0.29, 0.717) is 10.2 Å². The molecule has 3 nitrogen and oxygen atoms in total. The van der Waals surface area contributed by atoms with E-state index in [-0.39, 0.29) is 0 Å². The second-order valence-corrected chi connectivity index (χ2v) is 8.77. The highest BCUT2D eigenvalue weighted by molar-refractivity contribution is 7.13. The molecule has 0 aliphatic heterocycles. The van der Waals surface area contributed by atoms with Crippen molar-refractivity contribution in [1.82, 2.24) is 4.98 Å². The van der Waals surface area contributed by atoms with E-state index in [9.17, 15) is 0 Å². The molecule has 0 atom stereocenters. The van der Waals surface area contributed by atoms with Crippen LogP contribution in [0.2, 0.25) is 5.02 Å². The summed E-state index contributed by atoms with van der Waals surface area (Å²) in [6.07, 6.45) is 0. The summed E-state index contributed by atoms with van der Waals surface area (Å²) in [6.45, 7) is 4.14. The van der Waals surface area contributed by atoms with Crippen LogP contribution in [0, 0.1) is 13.8 Å². The molecular formula is C26H19ClN2OS. The van der Waals surface area contributed by atoms with Gasteiger partial charge in [0.05, 0.1) is 11.1 Å². The highest BCUT2D eigenvalue weighted by Gasteiger charge is 2.09. The number of nitrogens with zero attached hydrogens (tertiary/aromatic N) is 2. The third-order valence-electron chi connectivity index (χ3n) is 5.08. The first-order valence-electron chi connectivity index (χ1n) is 9.93. The molecule has 0 saturated carbocycles. The van der Waals surface area contributed by atoms with E-state index < -0.39 is 0 Å². The Labute approximate surface area is 189 Å². The summed E-state index contributed by atoms with van der Waals surface area (Å²) in [5, 5.41) is 5.25. The Bertz CT molecular complexity index is 1450. The predicted octanol–water partition coefficient (Wildman–Crippen LogP) is 7.73. The Morgan fingerprint density at radius 2 is 1.55 bits per heavy atom. The third kappa shape index (κ3) is 4.18. The molecule has 0 aliphatic carbocycles. The largest absolute Gasteiger partial charge is 0.456 e. The quantitative estimate of drug-likeness (QED) is 0.286. The van der Waals surface area contributed by atoms with E-state index in [1.807, 2.05) is 41.8 Å². The van der Waals surface area contributed by atoms with Gasteiger partial charge in [-0.25, -0.2) is 9.98 Å². The van der Waals surface area contributed by atoms with Crippen LogP contribution in [0.5, 0.6) is 0 Å². The average molecular weight is 443 g/mol. The summed E-state index contributed by atoms with van der Waals surface area (Å²) in [5.41, 5.74) is 6.10. The fraction of sp³-hybridized carbons (Fsp3) is 0.0769. The molecule has 0 spiro atoms. The highest BCUT2D eigenvalue weighted by Crippen LogP contribution is 2.28. The maximum atomic E-state index is 6.22. The van der Waals surface area contributed by atoms with Gasteiger partial charge in [-0.15, -0.1) is 11.3 Å². The number of thiazole rings is 1. The first-order valence-corrected chi connectivity index (χ1v) is 11.2. The zero-order valence-corrected chi connectivity index (χ0v) is 18.7. The fourth-order valence-electron chi connectivity index (χ4n) is 3.41. The molecule has 0 bridgehead atoms. The summed E-state index contributed by atoms with van der Waals surface area (Å²) in [5.74, 6) is 0.782. The van der Waals surface area contributed by atoms with Gasteiger partial charge in [0.15, 0.2) is 0 Å². The van der Waals surface area contributed by atoms with Crippen LogP contribution in [0.1, 0.15) is 11.1 Å². The van der Waals surface area contributed by atoms with E-state index in [0.717, 1.165) is 44.5 Å². The molecule has 31 heavy (non-hydrogen) atoms. The SMILES string of the molecule is Cc1ccc(-c2cc(=Nc3nc(-c4ccc(Cl)cc4)cs3)c3cc(C)ccc3o2)cc1. The maximum Gasteiger partial charge on any atom is 0.210 e. The summed E-state index contributed by atoms with van der Waals surface area (Å²) in [6, 6.07) is 24.1. The van der Waals surface area contributed by atoms with Gasteiger partial charge in [0.25, 0.3) is 0 Å². The lowest BCUT2D eigenvalue weighted by molar-refractivity contribution is 0.618. The number of benzene rings is 3. The van der Waals surface area contributed by atoms with Gasteiger partial charge in [-0.05, 0) is 38.1 Å². The molecule has 0 saturated heterocycles. The van der Waals surface area contributed by atoms with Gasteiger partial charge >= 0.3 is 0 Å². The number of aromatic nitrogens is 1. The second kappa shape index (κ2) is 8.14. The van der Waals surface area contributed by atoms with Crippen LogP contribution < -0.4 is 5.36 Å². The van der Waals surface area contributed by atoms with Gasteiger partial charge in [0.1, 0.15) is 11.3 Å². The van der Waals surface area contributed by atoms with Crippen molar-refractivity contribution in [1.29, 1.82) is 0 Å². The van der Waals surface area contributed by atoms with Crippen molar-refractivity contribution in [3.63, 3.8) is 0 Å². The minimum atomic E-state index is 0.703. The molecule has 0 radical (unpaired) electrons. The van der Waals surface area contributed by atoms with E-state index in [1.165, 1.54) is 16.9 Å². The van der Waals surface area contributed by atoms with Crippen LogP contribution >= 0.6 is 22.9 Å². The van der Waals surface area contributed by atoms with Gasteiger partial charge in [-0.2, -0.15) is 0 Å². The molecule has 0 N–H and O–H groups in total. The summed E-state index contributed by atoms with van der Waals surface area (Å²) in [7, 11) is 0. The molecule has 0 amide bonds. The molecule has 5 heteroatoms. The van der Waals surface area contributed by atoms with Crippen molar-refractivity contribution in [2.24, 2.45) is 4.99 Å².